The van der Waals surface area contributed by atoms with Gasteiger partial charge in [0.05, 0.1) is 18.2 Å². The molecule has 0 aliphatic heterocycles. The molecule has 102 valence electrons. The second-order valence-corrected chi connectivity index (χ2v) is 5.74. The number of hydrogen-bond donors (Lipinski definition) is 0. The van der Waals surface area contributed by atoms with Gasteiger partial charge in [-0.05, 0) is 43.7 Å². The SMILES string of the molecule is Cc1ccc(C)c(SCCOc2cccc(C#N)c2)c1. The molecular formula is C17H17NOS. The van der Waals surface area contributed by atoms with Gasteiger partial charge in [-0.1, -0.05) is 23.8 Å². The molecular weight excluding hydrogens is 266 g/mol. The molecule has 0 saturated heterocycles. The number of thioether (sulfide) groups is 1. The van der Waals surface area contributed by atoms with E-state index in [-0.39, 0.29) is 0 Å². The Morgan fingerprint density at radius 1 is 1.15 bits per heavy atom. The monoisotopic (exact) mass is 283 g/mol. The van der Waals surface area contributed by atoms with Crippen molar-refractivity contribution in [3.8, 4) is 11.8 Å². The zero-order valence-electron chi connectivity index (χ0n) is 11.7. The zero-order chi connectivity index (χ0) is 14.4. The maximum absolute atomic E-state index is 8.83. The van der Waals surface area contributed by atoms with Crippen molar-refractivity contribution in [2.24, 2.45) is 0 Å². The van der Waals surface area contributed by atoms with E-state index >= 15 is 0 Å². The summed E-state index contributed by atoms with van der Waals surface area (Å²) in [5, 5.41) is 8.83. The van der Waals surface area contributed by atoms with Gasteiger partial charge in [0.1, 0.15) is 5.75 Å². The van der Waals surface area contributed by atoms with Gasteiger partial charge >= 0.3 is 0 Å². The molecule has 0 atom stereocenters. The van der Waals surface area contributed by atoms with Gasteiger partial charge in [-0.2, -0.15) is 5.26 Å². The lowest BCUT2D eigenvalue weighted by molar-refractivity contribution is 0.344. The number of nitrogens with zero attached hydrogens (tertiary/aromatic N) is 1. The molecule has 2 nitrogen and oxygen atoms in total. The van der Waals surface area contributed by atoms with Gasteiger partial charge in [-0.3, -0.25) is 0 Å². The first-order valence-corrected chi connectivity index (χ1v) is 7.50. The van der Waals surface area contributed by atoms with Crippen LogP contribution in [0.2, 0.25) is 0 Å². The van der Waals surface area contributed by atoms with Gasteiger partial charge in [0.25, 0.3) is 0 Å². The summed E-state index contributed by atoms with van der Waals surface area (Å²) in [6.45, 7) is 4.86. The molecule has 0 aliphatic carbocycles. The molecule has 0 spiro atoms. The van der Waals surface area contributed by atoms with E-state index in [1.807, 2.05) is 12.1 Å². The lowest BCUT2D eigenvalue weighted by Gasteiger charge is -2.08. The van der Waals surface area contributed by atoms with E-state index in [9.17, 15) is 0 Å². The molecule has 2 rings (SSSR count). The fourth-order valence-electron chi connectivity index (χ4n) is 1.83. The molecule has 0 N–H and O–H groups in total. The number of rotatable bonds is 5. The molecule has 0 radical (unpaired) electrons. The molecule has 0 fully saturated rings. The Morgan fingerprint density at radius 3 is 2.80 bits per heavy atom. The highest BCUT2D eigenvalue weighted by atomic mass is 32.2. The standard InChI is InChI=1S/C17H17NOS/c1-13-6-7-14(2)17(10-13)20-9-8-19-16-5-3-4-15(11-16)12-18/h3-7,10-11H,8-9H2,1-2H3. The van der Waals surface area contributed by atoms with Crippen LogP contribution in [0.5, 0.6) is 5.75 Å². The Bertz CT molecular complexity index is 631. The van der Waals surface area contributed by atoms with Gasteiger partial charge in [-0.25, -0.2) is 0 Å². The molecule has 0 aliphatic rings. The van der Waals surface area contributed by atoms with Crippen molar-refractivity contribution in [3.05, 3.63) is 59.2 Å². The van der Waals surface area contributed by atoms with E-state index < -0.39 is 0 Å². The summed E-state index contributed by atoms with van der Waals surface area (Å²) in [6, 6.07) is 15.9. The topological polar surface area (TPSA) is 33.0 Å². The van der Waals surface area contributed by atoms with Crippen molar-refractivity contribution in [2.45, 2.75) is 18.7 Å². The molecule has 0 bridgehead atoms. The van der Waals surface area contributed by atoms with Crippen LogP contribution in [0.3, 0.4) is 0 Å². The van der Waals surface area contributed by atoms with Crippen molar-refractivity contribution >= 4 is 11.8 Å². The molecule has 2 aromatic rings. The Kier molecular flexibility index (Phi) is 5.09. The van der Waals surface area contributed by atoms with Crippen LogP contribution in [-0.2, 0) is 0 Å². The Morgan fingerprint density at radius 2 is 2.00 bits per heavy atom. The molecule has 0 unspecified atom stereocenters. The highest BCUT2D eigenvalue weighted by Gasteiger charge is 2.01. The fourth-order valence-corrected chi connectivity index (χ4v) is 2.78. The van der Waals surface area contributed by atoms with E-state index in [0.717, 1.165) is 11.5 Å². The van der Waals surface area contributed by atoms with Crippen molar-refractivity contribution in [2.75, 3.05) is 12.4 Å². The minimum absolute atomic E-state index is 0.629. The lowest BCUT2D eigenvalue weighted by atomic mass is 10.2. The van der Waals surface area contributed by atoms with Crippen molar-refractivity contribution in [1.29, 1.82) is 5.26 Å². The molecule has 0 saturated carbocycles. The predicted molar refractivity (Wildman–Crippen MR) is 83.3 cm³/mol. The maximum Gasteiger partial charge on any atom is 0.120 e. The highest BCUT2D eigenvalue weighted by Crippen LogP contribution is 2.23. The van der Waals surface area contributed by atoms with Crippen molar-refractivity contribution in [1.82, 2.24) is 0 Å². The number of ether oxygens (including phenoxy) is 1. The van der Waals surface area contributed by atoms with Gasteiger partial charge in [0.2, 0.25) is 0 Å². The molecule has 0 heterocycles. The van der Waals surface area contributed by atoms with Gasteiger partial charge < -0.3 is 4.74 Å². The quantitative estimate of drug-likeness (QED) is 0.604. The first-order valence-electron chi connectivity index (χ1n) is 6.52. The molecule has 3 heteroatoms. The van der Waals surface area contributed by atoms with Gasteiger partial charge in [-0.15, -0.1) is 11.8 Å². The molecule has 20 heavy (non-hydrogen) atoms. The summed E-state index contributed by atoms with van der Waals surface area (Å²) in [6.07, 6.45) is 0. The van der Waals surface area contributed by atoms with E-state index in [1.54, 1.807) is 23.9 Å². The summed E-state index contributed by atoms with van der Waals surface area (Å²) in [4.78, 5) is 1.30. The summed E-state index contributed by atoms with van der Waals surface area (Å²) in [5.74, 6) is 1.65. The van der Waals surface area contributed by atoms with Crippen LogP contribution < -0.4 is 4.74 Å². The summed E-state index contributed by atoms with van der Waals surface area (Å²) in [5.41, 5.74) is 3.21. The second-order valence-electron chi connectivity index (χ2n) is 4.61. The van der Waals surface area contributed by atoms with Crippen molar-refractivity contribution in [3.63, 3.8) is 0 Å². The van der Waals surface area contributed by atoms with Crippen LogP contribution in [0.4, 0.5) is 0 Å². The van der Waals surface area contributed by atoms with E-state index in [0.29, 0.717) is 12.2 Å². The van der Waals surface area contributed by atoms with Gasteiger partial charge in [0, 0.05) is 10.6 Å². The third kappa shape index (κ3) is 4.04. The van der Waals surface area contributed by atoms with Crippen LogP contribution in [0, 0.1) is 25.2 Å². The number of benzene rings is 2. The molecule has 2 aromatic carbocycles. The summed E-state index contributed by atoms with van der Waals surface area (Å²) >= 11 is 1.80. The van der Waals surface area contributed by atoms with Crippen molar-refractivity contribution < 1.29 is 4.74 Å². The normalized spacial score (nSPS) is 10.1. The Balaban J connectivity index is 1.84. The van der Waals surface area contributed by atoms with Gasteiger partial charge in [0.15, 0.2) is 0 Å². The smallest absolute Gasteiger partial charge is 0.120 e. The van der Waals surface area contributed by atoms with Crippen LogP contribution in [-0.4, -0.2) is 12.4 Å². The second kappa shape index (κ2) is 7.02. The third-order valence-corrected chi connectivity index (χ3v) is 4.04. The van der Waals surface area contributed by atoms with E-state index in [1.165, 1.54) is 16.0 Å². The first-order chi connectivity index (χ1) is 9.69. The summed E-state index contributed by atoms with van der Waals surface area (Å²) in [7, 11) is 0. The average Bonchev–Trinajstić information content (AvgIpc) is 2.47. The average molecular weight is 283 g/mol. The fraction of sp³-hybridized carbons (Fsp3) is 0.235. The van der Waals surface area contributed by atoms with E-state index in [2.05, 4.69) is 38.1 Å². The number of hydrogen-bond acceptors (Lipinski definition) is 3. The number of nitriles is 1. The van der Waals surface area contributed by atoms with Crippen LogP contribution in [0.25, 0.3) is 0 Å². The summed E-state index contributed by atoms with van der Waals surface area (Å²) < 4.78 is 5.67. The minimum atomic E-state index is 0.629. The first kappa shape index (κ1) is 14.5. The lowest BCUT2D eigenvalue weighted by Crippen LogP contribution is -2.00. The predicted octanol–water partition coefficient (Wildman–Crippen LogP) is 4.35. The number of aryl methyl sites for hydroxylation is 2. The maximum atomic E-state index is 8.83. The largest absolute Gasteiger partial charge is 0.493 e. The molecule has 0 aromatic heterocycles. The molecule has 0 amide bonds. The Hall–Kier alpha value is -1.92. The van der Waals surface area contributed by atoms with E-state index in [4.69, 9.17) is 10.00 Å². The Labute approximate surface area is 124 Å². The van der Waals surface area contributed by atoms with Crippen LogP contribution in [0.15, 0.2) is 47.4 Å². The zero-order valence-corrected chi connectivity index (χ0v) is 12.5. The minimum Gasteiger partial charge on any atom is -0.493 e. The van der Waals surface area contributed by atoms with Crippen LogP contribution in [0.1, 0.15) is 16.7 Å². The third-order valence-electron chi connectivity index (χ3n) is 2.92. The van der Waals surface area contributed by atoms with Crippen LogP contribution >= 0.6 is 11.8 Å². The highest BCUT2D eigenvalue weighted by molar-refractivity contribution is 7.99.